The number of benzene rings is 2. The molecule has 0 spiro atoms. The van der Waals surface area contributed by atoms with Crippen molar-refractivity contribution in [3.05, 3.63) is 65.5 Å². The summed E-state index contributed by atoms with van der Waals surface area (Å²) in [6.45, 7) is 6.32. The van der Waals surface area contributed by atoms with E-state index in [4.69, 9.17) is 0 Å². The third-order valence-electron chi connectivity index (χ3n) is 6.34. The molecule has 1 aliphatic carbocycles. The van der Waals surface area contributed by atoms with Crippen LogP contribution in [0.3, 0.4) is 0 Å². The Balaban J connectivity index is 1.79. The number of rotatable bonds is 8. The van der Waals surface area contributed by atoms with Gasteiger partial charge in [-0.3, -0.25) is 4.79 Å². The van der Waals surface area contributed by atoms with E-state index in [0.717, 1.165) is 24.0 Å². The first-order valence-corrected chi connectivity index (χ1v) is 12.4. The zero-order valence-electron chi connectivity index (χ0n) is 18.4. The van der Waals surface area contributed by atoms with E-state index >= 15 is 0 Å². The molecule has 0 aliphatic heterocycles. The van der Waals surface area contributed by atoms with Crippen LogP contribution in [0.25, 0.3) is 0 Å². The average Bonchev–Trinajstić information content (AvgIpc) is 3.26. The second-order valence-electron chi connectivity index (χ2n) is 8.15. The number of carbonyl (C=O) groups excluding carboxylic acids is 1. The van der Waals surface area contributed by atoms with Gasteiger partial charge in [0.15, 0.2) is 0 Å². The molecule has 0 aromatic heterocycles. The first-order valence-electron chi connectivity index (χ1n) is 10.9. The molecule has 1 N–H and O–H groups in total. The summed E-state index contributed by atoms with van der Waals surface area (Å²) in [4.78, 5) is 13.6. The van der Waals surface area contributed by atoms with Gasteiger partial charge in [0, 0.05) is 13.1 Å². The van der Waals surface area contributed by atoms with E-state index in [-0.39, 0.29) is 22.7 Å². The van der Waals surface area contributed by atoms with Gasteiger partial charge >= 0.3 is 0 Å². The fraction of sp³-hybridized carbons (Fsp3) is 0.458. The van der Waals surface area contributed by atoms with Crippen LogP contribution >= 0.6 is 0 Å². The molecular formula is C24H31FN2O3S. The molecule has 31 heavy (non-hydrogen) atoms. The Morgan fingerprint density at radius 3 is 2.26 bits per heavy atom. The molecule has 2 aromatic carbocycles. The molecule has 0 heterocycles. The van der Waals surface area contributed by atoms with Gasteiger partial charge in [-0.25, -0.2) is 12.8 Å². The van der Waals surface area contributed by atoms with Gasteiger partial charge in [-0.05, 0) is 55.2 Å². The molecule has 1 aliphatic rings. The van der Waals surface area contributed by atoms with Gasteiger partial charge < -0.3 is 5.32 Å². The monoisotopic (exact) mass is 446 g/mol. The molecule has 1 amide bonds. The Bertz CT molecular complexity index is 1010. The highest BCUT2D eigenvalue weighted by Crippen LogP contribution is 2.42. The Morgan fingerprint density at radius 1 is 1.10 bits per heavy atom. The van der Waals surface area contributed by atoms with Crippen LogP contribution in [0.2, 0.25) is 0 Å². The zero-order valence-corrected chi connectivity index (χ0v) is 19.2. The van der Waals surface area contributed by atoms with E-state index in [1.54, 1.807) is 30.3 Å². The summed E-state index contributed by atoms with van der Waals surface area (Å²) in [6, 6.07) is 12.7. The van der Waals surface area contributed by atoms with E-state index < -0.39 is 15.4 Å². The van der Waals surface area contributed by atoms with Gasteiger partial charge in [0.2, 0.25) is 15.9 Å². The lowest BCUT2D eigenvalue weighted by Crippen LogP contribution is -2.43. The van der Waals surface area contributed by atoms with Gasteiger partial charge in [-0.1, -0.05) is 51.0 Å². The quantitative estimate of drug-likeness (QED) is 0.647. The second kappa shape index (κ2) is 9.49. The van der Waals surface area contributed by atoms with E-state index in [0.29, 0.717) is 25.9 Å². The number of carbonyl (C=O) groups is 1. The lowest BCUT2D eigenvalue weighted by Gasteiger charge is -2.30. The number of hydrogen-bond donors (Lipinski definition) is 1. The number of halogens is 1. The molecule has 1 fully saturated rings. The molecule has 7 heteroatoms. The Kier molecular flexibility index (Phi) is 7.17. The van der Waals surface area contributed by atoms with E-state index in [1.165, 1.54) is 16.4 Å². The van der Waals surface area contributed by atoms with Crippen molar-refractivity contribution in [1.82, 2.24) is 9.62 Å². The topological polar surface area (TPSA) is 66.5 Å². The highest BCUT2D eigenvalue weighted by Gasteiger charge is 2.43. The molecule has 1 atom stereocenters. The number of sulfonamides is 1. The largest absolute Gasteiger partial charge is 0.349 e. The van der Waals surface area contributed by atoms with Gasteiger partial charge in [0.1, 0.15) is 5.82 Å². The maximum Gasteiger partial charge on any atom is 0.243 e. The fourth-order valence-electron chi connectivity index (χ4n) is 4.47. The van der Waals surface area contributed by atoms with Crippen molar-refractivity contribution in [3.63, 3.8) is 0 Å². The Hall–Kier alpha value is -2.25. The van der Waals surface area contributed by atoms with Gasteiger partial charge in [-0.2, -0.15) is 4.31 Å². The molecule has 5 nitrogen and oxygen atoms in total. The smallest absolute Gasteiger partial charge is 0.243 e. The van der Waals surface area contributed by atoms with Crippen molar-refractivity contribution < 1.29 is 17.6 Å². The molecule has 0 radical (unpaired) electrons. The molecule has 0 bridgehead atoms. The van der Waals surface area contributed by atoms with Crippen LogP contribution in [-0.4, -0.2) is 31.7 Å². The summed E-state index contributed by atoms with van der Waals surface area (Å²) >= 11 is 0. The zero-order chi connectivity index (χ0) is 22.6. The molecule has 3 rings (SSSR count). The highest BCUT2D eigenvalue weighted by atomic mass is 32.2. The minimum absolute atomic E-state index is 0.108. The normalized spacial score (nSPS) is 16.9. The third kappa shape index (κ3) is 4.67. The summed E-state index contributed by atoms with van der Waals surface area (Å²) < 4.78 is 40.6. The van der Waals surface area contributed by atoms with Crippen molar-refractivity contribution in [3.8, 4) is 0 Å². The van der Waals surface area contributed by atoms with Crippen LogP contribution in [-0.2, 0) is 20.2 Å². The van der Waals surface area contributed by atoms with Crippen molar-refractivity contribution in [2.24, 2.45) is 0 Å². The van der Waals surface area contributed by atoms with Crippen molar-refractivity contribution >= 4 is 15.9 Å². The third-order valence-corrected chi connectivity index (χ3v) is 8.40. The second-order valence-corrected chi connectivity index (χ2v) is 10.1. The Labute approximate surface area is 184 Å². The predicted molar refractivity (Wildman–Crippen MR) is 120 cm³/mol. The van der Waals surface area contributed by atoms with Gasteiger partial charge in [-0.15, -0.1) is 0 Å². The number of hydrogen-bond acceptors (Lipinski definition) is 3. The van der Waals surface area contributed by atoms with Crippen molar-refractivity contribution in [2.45, 2.75) is 62.8 Å². The van der Waals surface area contributed by atoms with E-state index in [1.807, 2.05) is 26.8 Å². The van der Waals surface area contributed by atoms with Crippen LogP contribution < -0.4 is 5.32 Å². The van der Waals surface area contributed by atoms with Crippen LogP contribution in [0.15, 0.2) is 53.4 Å². The molecule has 2 aromatic rings. The highest BCUT2D eigenvalue weighted by molar-refractivity contribution is 7.89. The van der Waals surface area contributed by atoms with E-state index in [9.17, 15) is 17.6 Å². The number of amides is 1. The molecule has 168 valence electrons. The maximum atomic E-state index is 13.8. The summed E-state index contributed by atoms with van der Waals surface area (Å²) in [6.07, 6.45) is 3.23. The lowest BCUT2D eigenvalue weighted by atomic mass is 9.77. The summed E-state index contributed by atoms with van der Waals surface area (Å²) in [5.74, 6) is -0.447. The van der Waals surface area contributed by atoms with Gasteiger partial charge in [0.05, 0.1) is 16.4 Å². The van der Waals surface area contributed by atoms with Crippen molar-refractivity contribution in [2.75, 3.05) is 13.1 Å². The summed E-state index contributed by atoms with van der Waals surface area (Å²) in [5, 5.41) is 3.08. The first kappa shape index (κ1) is 23.4. The first-order chi connectivity index (χ1) is 14.7. The van der Waals surface area contributed by atoms with Crippen molar-refractivity contribution in [1.29, 1.82) is 0 Å². The van der Waals surface area contributed by atoms with Crippen LogP contribution in [0.4, 0.5) is 4.39 Å². The Morgan fingerprint density at radius 2 is 1.71 bits per heavy atom. The molecule has 1 saturated carbocycles. The minimum atomic E-state index is -3.52. The molecule has 0 saturated heterocycles. The SMILES string of the molecule is CCN(CC)S(=O)(=O)c1ccc(C(C)NC(=O)C2(c3cccc(F)c3)CCCC2)cc1. The van der Waals surface area contributed by atoms with E-state index in [2.05, 4.69) is 5.32 Å². The average molecular weight is 447 g/mol. The molecule has 1 unspecified atom stereocenters. The minimum Gasteiger partial charge on any atom is -0.349 e. The predicted octanol–water partition coefficient (Wildman–Crippen LogP) is 4.55. The summed E-state index contributed by atoms with van der Waals surface area (Å²) in [7, 11) is -3.52. The van der Waals surface area contributed by atoms with Gasteiger partial charge in [0.25, 0.3) is 0 Å². The number of nitrogens with zero attached hydrogens (tertiary/aromatic N) is 1. The van der Waals surface area contributed by atoms with Crippen LogP contribution in [0.5, 0.6) is 0 Å². The summed E-state index contributed by atoms with van der Waals surface area (Å²) in [5.41, 5.74) is 0.817. The maximum absolute atomic E-state index is 13.8. The number of nitrogens with one attached hydrogen (secondary N) is 1. The lowest BCUT2D eigenvalue weighted by molar-refractivity contribution is -0.127. The molecular weight excluding hydrogens is 415 g/mol. The van der Waals surface area contributed by atoms with Crippen LogP contribution in [0.1, 0.15) is 63.6 Å². The standard InChI is InChI=1S/C24H31FN2O3S/c1-4-27(5-2)31(29,30)22-13-11-19(12-14-22)18(3)26-23(28)24(15-6-7-16-24)20-9-8-10-21(25)17-20/h8-14,17-18H,4-7,15-16H2,1-3H3,(H,26,28). The fourth-order valence-corrected chi connectivity index (χ4v) is 5.93. The van der Waals surface area contributed by atoms with Crippen LogP contribution in [0, 0.1) is 5.82 Å².